The van der Waals surface area contributed by atoms with Crippen LogP contribution in [0.2, 0.25) is 0 Å². The zero-order valence-electron chi connectivity index (χ0n) is 12.3. The molecule has 1 aromatic heterocycles. The highest BCUT2D eigenvalue weighted by Gasteiger charge is 2.15. The minimum Gasteiger partial charge on any atom is -0.497 e. The van der Waals surface area contributed by atoms with Crippen LogP contribution >= 0.6 is 11.3 Å². The molecule has 0 saturated heterocycles. The molecule has 4 nitrogen and oxygen atoms in total. The predicted molar refractivity (Wildman–Crippen MR) is 85.1 cm³/mol. The van der Waals surface area contributed by atoms with Gasteiger partial charge in [0.25, 0.3) is 5.91 Å². The third-order valence-electron chi connectivity index (χ3n) is 3.19. The number of methoxy groups -OCH3 is 1. The second-order valence-electron chi connectivity index (χ2n) is 4.87. The van der Waals surface area contributed by atoms with Crippen LogP contribution in [-0.4, -0.2) is 30.8 Å². The normalized spacial score (nSPS) is 12.0. The standard InChI is InChI=1S/C16H19NO3S/c1-10(9-18)17-16(19)15-8-14(11(2)21-15)12-4-6-13(20-3)7-5-12/h4-8,10,18H,9H2,1-3H3,(H,17,19). The summed E-state index contributed by atoms with van der Waals surface area (Å²) < 4.78 is 5.15. The number of rotatable bonds is 5. The smallest absolute Gasteiger partial charge is 0.261 e. The average molecular weight is 305 g/mol. The number of aliphatic hydroxyl groups excluding tert-OH is 1. The minimum absolute atomic E-state index is 0.0680. The van der Waals surface area contributed by atoms with Gasteiger partial charge in [0.2, 0.25) is 0 Å². The average Bonchev–Trinajstić information content (AvgIpc) is 2.89. The molecule has 0 saturated carbocycles. The van der Waals surface area contributed by atoms with Crippen molar-refractivity contribution < 1.29 is 14.6 Å². The molecule has 2 N–H and O–H groups in total. The van der Waals surface area contributed by atoms with E-state index >= 15 is 0 Å². The van der Waals surface area contributed by atoms with Gasteiger partial charge in [0.05, 0.1) is 18.6 Å². The van der Waals surface area contributed by atoms with Gasteiger partial charge in [-0.05, 0) is 43.2 Å². The van der Waals surface area contributed by atoms with Crippen molar-refractivity contribution >= 4 is 17.2 Å². The molecule has 0 aliphatic heterocycles. The first-order valence-electron chi connectivity index (χ1n) is 6.71. The maximum absolute atomic E-state index is 12.1. The largest absolute Gasteiger partial charge is 0.497 e. The molecule has 1 heterocycles. The van der Waals surface area contributed by atoms with Crippen molar-refractivity contribution in [2.24, 2.45) is 0 Å². The Morgan fingerprint density at radius 1 is 1.38 bits per heavy atom. The maximum atomic E-state index is 12.1. The Kier molecular flexibility index (Phi) is 4.98. The summed E-state index contributed by atoms with van der Waals surface area (Å²) in [6.07, 6.45) is 0. The third-order valence-corrected chi connectivity index (χ3v) is 4.24. The molecule has 21 heavy (non-hydrogen) atoms. The molecule has 2 aromatic rings. The Hall–Kier alpha value is -1.85. The molecule has 1 atom stereocenters. The highest BCUT2D eigenvalue weighted by molar-refractivity contribution is 7.14. The summed E-state index contributed by atoms with van der Waals surface area (Å²) in [7, 11) is 1.63. The van der Waals surface area contributed by atoms with Crippen LogP contribution in [0.4, 0.5) is 0 Å². The van der Waals surface area contributed by atoms with Gasteiger partial charge >= 0.3 is 0 Å². The number of thiophene rings is 1. The van der Waals surface area contributed by atoms with Gasteiger partial charge in [-0.1, -0.05) is 12.1 Å². The van der Waals surface area contributed by atoms with Crippen molar-refractivity contribution in [1.82, 2.24) is 5.32 Å². The quantitative estimate of drug-likeness (QED) is 0.893. The number of nitrogens with one attached hydrogen (secondary N) is 1. The molecule has 2 rings (SSSR count). The number of hydrogen-bond donors (Lipinski definition) is 2. The molecule has 0 bridgehead atoms. The van der Waals surface area contributed by atoms with E-state index in [-0.39, 0.29) is 18.6 Å². The summed E-state index contributed by atoms with van der Waals surface area (Å²) >= 11 is 1.45. The van der Waals surface area contributed by atoms with Crippen molar-refractivity contribution in [1.29, 1.82) is 0 Å². The molecule has 1 amide bonds. The summed E-state index contributed by atoms with van der Waals surface area (Å²) in [5.41, 5.74) is 2.10. The van der Waals surface area contributed by atoms with Crippen molar-refractivity contribution in [3.05, 3.63) is 40.1 Å². The molecule has 5 heteroatoms. The zero-order valence-corrected chi connectivity index (χ0v) is 13.2. The van der Waals surface area contributed by atoms with Crippen LogP contribution in [-0.2, 0) is 0 Å². The van der Waals surface area contributed by atoms with Gasteiger partial charge in [0.15, 0.2) is 0 Å². The maximum Gasteiger partial charge on any atom is 0.261 e. The Bertz CT molecular complexity index is 619. The first kappa shape index (κ1) is 15.5. The van der Waals surface area contributed by atoms with Gasteiger partial charge in [-0.15, -0.1) is 11.3 Å². The molecule has 0 fully saturated rings. The second-order valence-corrected chi connectivity index (χ2v) is 6.12. The Morgan fingerprint density at radius 3 is 2.62 bits per heavy atom. The van der Waals surface area contributed by atoms with Crippen LogP contribution in [0.1, 0.15) is 21.5 Å². The van der Waals surface area contributed by atoms with E-state index in [0.717, 1.165) is 21.8 Å². The number of hydrogen-bond acceptors (Lipinski definition) is 4. The third kappa shape index (κ3) is 3.62. The summed E-state index contributed by atoms with van der Waals surface area (Å²) in [5.74, 6) is 0.658. The lowest BCUT2D eigenvalue weighted by Crippen LogP contribution is -2.34. The fraction of sp³-hybridized carbons (Fsp3) is 0.312. The molecule has 112 valence electrons. The summed E-state index contributed by atoms with van der Waals surface area (Å²) in [4.78, 5) is 13.8. The fourth-order valence-electron chi connectivity index (χ4n) is 1.99. The van der Waals surface area contributed by atoms with E-state index in [9.17, 15) is 4.79 Å². The number of amides is 1. The highest BCUT2D eigenvalue weighted by atomic mass is 32.1. The number of aryl methyl sites for hydroxylation is 1. The molecular formula is C16H19NO3S. The van der Waals surface area contributed by atoms with Crippen LogP contribution in [0.5, 0.6) is 5.75 Å². The Morgan fingerprint density at radius 2 is 2.05 bits per heavy atom. The van der Waals surface area contributed by atoms with Crippen LogP contribution in [0, 0.1) is 6.92 Å². The summed E-state index contributed by atoms with van der Waals surface area (Å²) in [6, 6.07) is 9.41. The van der Waals surface area contributed by atoms with Gasteiger partial charge in [-0.3, -0.25) is 4.79 Å². The van der Waals surface area contributed by atoms with Gasteiger partial charge in [-0.2, -0.15) is 0 Å². The van der Waals surface area contributed by atoms with Gasteiger partial charge in [0.1, 0.15) is 5.75 Å². The Balaban J connectivity index is 2.24. The molecule has 0 spiro atoms. The Labute approximate surface area is 128 Å². The van der Waals surface area contributed by atoms with E-state index in [1.807, 2.05) is 37.3 Å². The van der Waals surface area contributed by atoms with Crippen molar-refractivity contribution in [2.45, 2.75) is 19.9 Å². The molecule has 1 aromatic carbocycles. The topological polar surface area (TPSA) is 58.6 Å². The lowest BCUT2D eigenvalue weighted by Gasteiger charge is -2.08. The first-order valence-corrected chi connectivity index (χ1v) is 7.53. The van der Waals surface area contributed by atoms with Gasteiger partial charge in [-0.25, -0.2) is 0 Å². The van der Waals surface area contributed by atoms with Crippen LogP contribution < -0.4 is 10.1 Å². The van der Waals surface area contributed by atoms with E-state index < -0.39 is 0 Å². The minimum atomic E-state index is -0.246. The number of ether oxygens (including phenoxy) is 1. The summed E-state index contributed by atoms with van der Waals surface area (Å²) in [6.45, 7) is 3.70. The predicted octanol–water partition coefficient (Wildman–Crippen LogP) is 2.84. The fourth-order valence-corrected chi connectivity index (χ4v) is 2.94. The first-order chi connectivity index (χ1) is 10.0. The second kappa shape index (κ2) is 6.74. The molecule has 0 aliphatic rings. The van der Waals surface area contributed by atoms with E-state index in [1.165, 1.54) is 11.3 Å². The number of aliphatic hydroxyl groups is 1. The molecule has 0 aliphatic carbocycles. The zero-order chi connectivity index (χ0) is 15.4. The van der Waals surface area contributed by atoms with E-state index in [4.69, 9.17) is 9.84 Å². The van der Waals surface area contributed by atoms with Crippen molar-refractivity contribution in [2.75, 3.05) is 13.7 Å². The molecule has 1 unspecified atom stereocenters. The lowest BCUT2D eigenvalue weighted by molar-refractivity contribution is 0.0926. The number of carbonyl (C=O) groups excluding carboxylic acids is 1. The number of benzene rings is 1. The SMILES string of the molecule is COc1ccc(-c2cc(C(=O)NC(C)CO)sc2C)cc1. The molecule has 0 radical (unpaired) electrons. The monoisotopic (exact) mass is 305 g/mol. The van der Waals surface area contributed by atoms with Crippen LogP contribution in [0.3, 0.4) is 0 Å². The van der Waals surface area contributed by atoms with E-state index in [0.29, 0.717) is 4.88 Å². The molecular weight excluding hydrogens is 286 g/mol. The van der Waals surface area contributed by atoms with Gasteiger partial charge in [0, 0.05) is 10.9 Å². The van der Waals surface area contributed by atoms with Crippen LogP contribution in [0.15, 0.2) is 30.3 Å². The van der Waals surface area contributed by atoms with Crippen LogP contribution in [0.25, 0.3) is 11.1 Å². The van der Waals surface area contributed by atoms with E-state index in [1.54, 1.807) is 14.0 Å². The van der Waals surface area contributed by atoms with E-state index in [2.05, 4.69) is 5.32 Å². The van der Waals surface area contributed by atoms with Crippen molar-refractivity contribution in [3.63, 3.8) is 0 Å². The summed E-state index contributed by atoms with van der Waals surface area (Å²) in [5, 5.41) is 11.8. The lowest BCUT2D eigenvalue weighted by atomic mass is 10.1. The highest BCUT2D eigenvalue weighted by Crippen LogP contribution is 2.32. The van der Waals surface area contributed by atoms with Gasteiger partial charge < -0.3 is 15.2 Å². The van der Waals surface area contributed by atoms with Crippen molar-refractivity contribution in [3.8, 4) is 16.9 Å². The number of carbonyl (C=O) groups is 1.